The van der Waals surface area contributed by atoms with Crippen molar-refractivity contribution in [3.05, 3.63) is 70.6 Å². The van der Waals surface area contributed by atoms with Crippen LogP contribution in [0.5, 0.6) is 0 Å². The molecular formula is C23H23N5O2S. The summed E-state index contributed by atoms with van der Waals surface area (Å²) in [5.41, 5.74) is 2.59. The van der Waals surface area contributed by atoms with Gasteiger partial charge in [-0.15, -0.1) is 11.3 Å². The van der Waals surface area contributed by atoms with Crippen molar-refractivity contribution < 1.29 is 9.59 Å². The van der Waals surface area contributed by atoms with Gasteiger partial charge in [-0.1, -0.05) is 37.3 Å². The van der Waals surface area contributed by atoms with Crippen LogP contribution in [0.4, 0.5) is 5.00 Å². The van der Waals surface area contributed by atoms with Crippen molar-refractivity contribution in [2.45, 2.75) is 38.8 Å². The Labute approximate surface area is 184 Å². The number of hydrogen-bond acceptors (Lipinski definition) is 5. The predicted octanol–water partition coefficient (Wildman–Crippen LogP) is 3.53. The summed E-state index contributed by atoms with van der Waals surface area (Å²) in [6.07, 6.45) is 5.98. The number of carbonyl (C=O) groups excluding carboxylic acids is 2. The SMILES string of the molecule is C[C@H](CC(=O)Nc1sc2c(c1C#N)CCN(C(=O)Cn1ccnc1)C2)c1ccccc1. The van der Waals surface area contributed by atoms with E-state index in [9.17, 15) is 14.9 Å². The number of aromatic nitrogens is 2. The Morgan fingerprint density at radius 2 is 2.13 bits per heavy atom. The van der Waals surface area contributed by atoms with Gasteiger partial charge in [0.1, 0.15) is 17.6 Å². The summed E-state index contributed by atoms with van der Waals surface area (Å²) < 4.78 is 1.74. The number of nitrogens with one attached hydrogen (secondary N) is 1. The minimum Gasteiger partial charge on any atom is -0.336 e. The van der Waals surface area contributed by atoms with Crippen molar-refractivity contribution in [3.63, 3.8) is 0 Å². The smallest absolute Gasteiger partial charge is 0.242 e. The molecule has 0 aliphatic carbocycles. The van der Waals surface area contributed by atoms with Gasteiger partial charge in [0.2, 0.25) is 11.8 Å². The van der Waals surface area contributed by atoms with E-state index in [0.29, 0.717) is 36.5 Å². The first kappa shape index (κ1) is 20.8. The number of fused-ring (bicyclic) bond motifs is 1. The summed E-state index contributed by atoms with van der Waals surface area (Å²) in [5.74, 6) is -0.0186. The Hall–Kier alpha value is -3.44. The van der Waals surface area contributed by atoms with Crippen LogP contribution in [0.15, 0.2) is 49.1 Å². The van der Waals surface area contributed by atoms with E-state index in [0.717, 1.165) is 16.0 Å². The fourth-order valence-electron chi connectivity index (χ4n) is 3.81. The van der Waals surface area contributed by atoms with Crippen LogP contribution < -0.4 is 5.32 Å². The van der Waals surface area contributed by atoms with Crippen LogP contribution in [0.3, 0.4) is 0 Å². The van der Waals surface area contributed by atoms with Crippen LogP contribution in [0.2, 0.25) is 0 Å². The third-order valence-corrected chi connectivity index (χ3v) is 6.64. The molecule has 8 heteroatoms. The molecule has 0 radical (unpaired) electrons. The molecule has 0 saturated carbocycles. The molecule has 1 aliphatic heterocycles. The summed E-state index contributed by atoms with van der Waals surface area (Å²) in [5, 5.41) is 13.2. The van der Waals surface area contributed by atoms with Gasteiger partial charge in [0, 0.05) is 30.2 Å². The van der Waals surface area contributed by atoms with Gasteiger partial charge in [-0.2, -0.15) is 5.26 Å². The largest absolute Gasteiger partial charge is 0.336 e. The van der Waals surface area contributed by atoms with Gasteiger partial charge in [0.25, 0.3) is 0 Å². The van der Waals surface area contributed by atoms with E-state index in [1.165, 1.54) is 11.3 Å². The molecule has 0 unspecified atom stereocenters. The summed E-state index contributed by atoms with van der Waals surface area (Å²) in [7, 11) is 0. The maximum atomic E-state index is 12.6. The fourth-order valence-corrected chi connectivity index (χ4v) is 5.04. The van der Waals surface area contributed by atoms with Gasteiger partial charge in [0.15, 0.2) is 0 Å². The standard InChI is InChI=1S/C23H23N5O2S/c1-16(17-5-3-2-4-6-17)11-21(29)26-23-19(12-24)18-7-9-28(13-20(18)31-23)22(30)14-27-10-8-25-15-27/h2-6,8,10,15-16H,7,9,11,13-14H2,1H3,(H,26,29)/t16-/m1/s1. The van der Waals surface area contributed by atoms with E-state index in [2.05, 4.69) is 16.4 Å². The quantitative estimate of drug-likeness (QED) is 0.644. The number of rotatable bonds is 6. The second-order valence-electron chi connectivity index (χ2n) is 7.68. The van der Waals surface area contributed by atoms with E-state index in [-0.39, 0.29) is 24.3 Å². The highest BCUT2D eigenvalue weighted by Crippen LogP contribution is 2.37. The molecule has 0 bridgehead atoms. The van der Waals surface area contributed by atoms with Crippen molar-refractivity contribution in [3.8, 4) is 6.07 Å². The monoisotopic (exact) mass is 433 g/mol. The predicted molar refractivity (Wildman–Crippen MR) is 118 cm³/mol. The second-order valence-corrected chi connectivity index (χ2v) is 8.79. The minimum atomic E-state index is -0.112. The van der Waals surface area contributed by atoms with Crippen LogP contribution in [0.1, 0.15) is 40.8 Å². The molecule has 0 saturated heterocycles. The Morgan fingerprint density at radius 1 is 1.32 bits per heavy atom. The van der Waals surface area contributed by atoms with Crippen molar-refractivity contribution in [2.75, 3.05) is 11.9 Å². The van der Waals surface area contributed by atoms with Crippen LogP contribution in [-0.2, 0) is 29.1 Å². The van der Waals surface area contributed by atoms with Gasteiger partial charge in [0.05, 0.1) is 18.4 Å². The molecule has 3 heterocycles. The maximum absolute atomic E-state index is 12.6. The third kappa shape index (κ3) is 4.67. The molecule has 1 aliphatic rings. The lowest BCUT2D eigenvalue weighted by atomic mass is 9.97. The maximum Gasteiger partial charge on any atom is 0.242 e. The number of thiophene rings is 1. The summed E-state index contributed by atoms with van der Waals surface area (Å²) >= 11 is 1.40. The number of carbonyl (C=O) groups is 2. The van der Waals surface area contributed by atoms with Gasteiger partial charge >= 0.3 is 0 Å². The molecule has 7 nitrogen and oxygen atoms in total. The molecule has 1 N–H and O–H groups in total. The van der Waals surface area contributed by atoms with Gasteiger partial charge in [-0.3, -0.25) is 9.59 Å². The zero-order valence-corrected chi connectivity index (χ0v) is 18.1. The highest BCUT2D eigenvalue weighted by atomic mass is 32.1. The average molecular weight is 434 g/mol. The Bertz CT molecular complexity index is 1120. The van der Waals surface area contributed by atoms with Crippen molar-refractivity contribution in [2.24, 2.45) is 0 Å². The van der Waals surface area contributed by atoms with E-state index >= 15 is 0 Å². The second kappa shape index (κ2) is 9.14. The number of anilines is 1. The first-order chi connectivity index (χ1) is 15.0. The third-order valence-electron chi connectivity index (χ3n) is 5.51. The fraction of sp³-hybridized carbons (Fsp3) is 0.304. The Morgan fingerprint density at radius 3 is 2.84 bits per heavy atom. The normalized spacial score (nSPS) is 13.9. The molecule has 2 amide bonds. The topological polar surface area (TPSA) is 91.0 Å². The first-order valence-electron chi connectivity index (χ1n) is 10.2. The molecule has 0 spiro atoms. The van der Waals surface area contributed by atoms with E-state index in [1.807, 2.05) is 37.3 Å². The lowest BCUT2D eigenvalue weighted by Crippen LogP contribution is -2.37. The van der Waals surface area contributed by atoms with E-state index in [1.54, 1.807) is 28.2 Å². The summed E-state index contributed by atoms with van der Waals surface area (Å²) in [4.78, 5) is 32.0. The molecule has 2 aromatic heterocycles. The van der Waals surface area contributed by atoms with Crippen LogP contribution in [0.25, 0.3) is 0 Å². The minimum absolute atomic E-state index is 0.0119. The number of imidazole rings is 1. The molecular weight excluding hydrogens is 410 g/mol. The Kier molecular flexibility index (Phi) is 6.14. The molecule has 1 aromatic carbocycles. The molecule has 1 atom stereocenters. The first-order valence-corrected chi connectivity index (χ1v) is 11.0. The van der Waals surface area contributed by atoms with E-state index in [4.69, 9.17) is 0 Å². The number of benzene rings is 1. The zero-order chi connectivity index (χ0) is 21.8. The van der Waals surface area contributed by atoms with Crippen molar-refractivity contribution in [1.29, 1.82) is 5.26 Å². The lowest BCUT2D eigenvalue weighted by molar-refractivity contribution is -0.132. The number of amides is 2. The number of nitriles is 1. The number of hydrogen-bond donors (Lipinski definition) is 1. The van der Waals surface area contributed by atoms with Crippen molar-refractivity contribution >= 4 is 28.2 Å². The van der Waals surface area contributed by atoms with Crippen LogP contribution in [-0.4, -0.2) is 32.8 Å². The highest BCUT2D eigenvalue weighted by molar-refractivity contribution is 7.16. The highest BCUT2D eigenvalue weighted by Gasteiger charge is 2.27. The zero-order valence-electron chi connectivity index (χ0n) is 17.2. The van der Waals surface area contributed by atoms with Gasteiger partial charge in [-0.25, -0.2) is 4.98 Å². The van der Waals surface area contributed by atoms with E-state index < -0.39 is 0 Å². The number of nitrogens with zero attached hydrogens (tertiary/aromatic N) is 4. The van der Waals surface area contributed by atoms with Crippen LogP contribution >= 0.6 is 11.3 Å². The Balaban J connectivity index is 1.43. The molecule has 158 valence electrons. The molecule has 4 rings (SSSR count). The summed E-state index contributed by atoms with van der Waals surface area (Å²) in [6, 6.07) is 12.2. The molecule has 0 fully saturated rings. The van der Waals surface area contributed by atoms with Crippen molar-refractivity contribution in [1.82, 2.24) is 14.5 Å². The van der Waals surface area contributed by atoms with Crippen LogP contribution in [0, 0.1) is 11.3 Å². The summed E-state index contributed by atoms with van der Waals surface area (Å²) in [6.45, 7) is 3.28. The van der Waals surface area contributed by atoms with Gasteiger partial charge < -0.3 is 14.8 Å². The lowest BCUT2D eigenvalue weighted by Gasteiger charge is -2.27. The molecule has 31 heavy (non-hydrogen) atoms. The molecule has 3 aromatic rings. The van der Waals surface area contributed by atoms with Gasteiger partial charge in [-0.05, 0) is 23.5 Å². The average Bonchev–Trinajstić information content (AvgIpc) is 3.40.